The number of rotatable bonds is 2. The van der Waals surface area contributed by atoms with Crippen LogP contribution in [0, 0.1) is 11.2 Å². The van der Waals surface area contributed by atoms with Crippen LogP contribution in [0.15, 0.2) is 18.2 Å². The number of imide groups is 1. The van der Waals surface area contributed by atoms with Crippen LogP contribution in [0.1, 0.15) is 25.8 Å². The second-order valence-electron chi connectivity index (χ2n) is 5.07. The predicted molar refractivity (Wildman–Crippen MR) is 65.2 cm³/mol. The van der Waals surface area contributed by atoms with Crippen molar-refractivity contribution in [2.75, 3.05) is 4.90 Å². The molecule has 0 radical (unpaired) electrons. The Morgan fingerprint density at radius 2 is 2.06 bits per heavy atom. The van der Waals surface area contributed by atoms with E-state index in [9.17, 15) is 14.0 Å². The summed E-state index contributed by atoms with van der Waals surface area (Å²) >= 11 is 0. The van der Waals surface area contributed by atoms with Crippen molar-refractivity contribution >= 4 is 17.5 Å². The summed E-state index contributed by atoms with van der Waals surface area (Å²) in [4.78, 5) is 25.1. The highest BCUT2D eigenvalue weighted by Gasteiger charge is 2.45. The van der Waals surface area contributed by atoms with Gasteiger partial charge in [-0.3, -0.25) is 14.5 Å². The fourth-order valence-electron chi connectivity index (χ4n) is 2.07. The highest BCUT2D eigenvalue weighted by atomic mass is 19.1. The van der Waals surface area contributed by atoms with Gasteiger partial charge in [-0.15, -0.1) is 0 Å². The summed E-state index contributed by atoms with van der Waals surface area (Å²) in [5.41, 5.74) is 5.39. The van der Waals surface area contributed by atoms with Crippen molar-refractivity contribution in [3.63, 3.8) is 0 Å². The van der Waals surface area contributed by atoms with Crippen LogP contribution in [0.4, 0.5) is 10.1 Å². The van der Waals surface area contributed by atoms with Gasteiger partial charge in [0.2, 0.25) is 11.8 Å². The van der Waals surface area contributed by atoms with Gasteiger partial charge < -0.3 is 5.73 Å². The molecular formula is C13H15FN2O2. The number of carbonyl (C=O) groups excluding carboxylic acids is 2. The molecule has 18 heavy (non-hydrogen) atoms. The van der Waals surface area contributed by atoms with Crippen LogP contribution in [0.5, 0.6) is 0 Å². The molecule has 2 N–H and O–H groups in total. The standard InChI is InChI=1S/C13H15FN2O2/c1-13(2)6-11(17)16(12(13)18)9-3-4-10(14)8(5-9)7-15/h3-5H,6-7,15H2,1-2H3. The molecule has 4 nitrogen and oxygen atoms in total. The van der Waals surface area contributed by atoms with Gasteiger partial charge in [-0.1, -0.05) is 13.8 Å². The summed E-state index contributed by atoms with van der Waals surface area (Å²) in [6.07, 6.45) is 0.168. The number of carbonyl (C=O) groups is 2. The van der Waals surface area contributed by atoms with Crippen molar-refractivity contribution in [3.05, 3.63) is 29.6 Å². The Hall–Kier alpha value is -1.75. The molecule has 1 aliphatic rings. The van der Waals surface area contributed by atoms with E-state index in [2.05, 4.69) is 0 Å². The van der Waals surface area contributed by atoms with Gasteiger partial charge in [0, 0.05) is 18.5 Å². The maximum absolute atomic E-state index is 13.3. The summed E-state index contributed by atoms with van der Waals surface area (Å²) < 4.78 is 13.3. The lowest BCUT2D eigenvalue weighted by molar-refractivity contribution is -0.124. The molecule has 0 aromatic heterocycles. The van der Waals surface area contributed by atoms with Crippen LogP contribution < -0.4 is 10.6 Å². The number of nitrogens with zero attached hydrogens (tertiary/aromatic N) is 1. The first-order chi connectivity index (χ1) is 8.36. The molecule has 1 saturated heterocycles. The average molecular weight is 250 g/mol. The number of hydrogen-bond acceptors (Lipinski definition) is 3. The van der Waals surface area contributed by atoms with Crippen LogP contribution >= 0.6 is 0 Å². The number of nitrogens with two attached hydrogens (primary N) is 1. The Morgan fingerprint density at radius 1 is 1.39 bits per heavy atom. The minimum Gasteiger partial charge on any atom is -0.326 e. The van der Waals surface area contributed by atoms with E-state index >= 15 is 0 Å². The minimum absolute atomic E-state index is 0.0271. The molecule has 1 heterocycles. The second kappa shape index (κ2) is 4.17. The Morgan fingerprint density at radius 3 is 2.56 bits per heavy atom. The highest BCUT2D eigenvalue weighted by Crippen LogP contribution is 2.35. The molecule has 2 amide bonds. The molecule has 96 valence electrons. The lowest BCUT2D eigenvalue weighted by Crippen LogP contribution is -2.33. The van der Waals surface area contributed by atoms with Gasteiger partial charge in [-0.25, -0.2) is 4.39 Å². The molecule has 2 rings (SSSR count). The van der Waals surface area contributed by atoms with E-state index in [1.165, 1.54) is 18.2 Å². The molecule has 0 bridgehead atoms. The van der Waals surface area contributed by atoms with Crippen LogP contribution in [0.25, 0.3) is 0 Å². The Balaban J connectivity index is 2.44. The van der Waals surface area contributed by atoms with Gasteiger partial charge in [-0.05, 0) is 18.2 Å². The molecule has 1 aliphatic heterocycles. The fourth-order valence-corrected chi connectivity index (χ4v) is 2.07. The normalized spacial score (nSPS) is 18.6. The second-order valence-corrected chi connectivity index (χ2v) is 5.07. The zero-order valence-electron chi connectivity index (χ0n) is 10.4. The Bertz CT molecular complexity index is 526. The van der Waals surface area contributed by atoms with E-state index in [1.54, 1.807) is 13.8 Å². The zero-order valence-corrected chi connectivity index (χ0v) is 10.4. The predicted octanol–water partition coefficient (Wildman–Crippen LogP) is 1.57. The first-order valence-corrected chi connectivity index (χ1v) is 5.72. The zero-order chi connectivity index (χ0) is 13.5. The molecule has 1 fully saturated rings. The van der Waals surface area contributed by atoms with Crippen LogP contribution in [-0.2, 0) is 16.1 Å². The number of amides is 2. The van der Waals surface area contributed by atoms with E-state index in [0.29, 0.717) is 5.69 Å². The van der Waals surface area contributed by atoms with Crippen molar-refractivity contribution in [1.82, 2.24) is 0 Å². The SMILES string of the molecule is CC1(C)CC(=O)N(c2ccc(F)c(CN)c2)C1=O. The molecule has 0 spiro atoms. The quantitative estimate of drug-likeness (QED) is 0.810. The van der Waals surface area contributed by atoms with Crippen molar-refractivity contribution in [3.8, 4) is 0 Å². The molecule has 5 heteroatoms. The van der Waals surface area contributed by atoms with Crippen LogP contribution in [-0.4, -0.2) is 11.8 Å². The van der Waals surface area contributed by atoms with Gasteiger partial charge in [-0.2, -0.15) is 0 Å². The highest BCUT2D eigenvalue weighted by molar-refractivity contribution is 6.22. The van der Waals surface area contributed by atoms with Crippen molar-refractivity contribution in [1.29, 1.82) is 0 Å². The van der Waals surface area contributed by atoms with Gasteiger partial charge in [0.15, 0.2) is 0 Å². The van der Waals surface area contributed by atoms with Crippen molar-refractivity contribution in [2.45, 2.75) is 26.8 Å². The number of halogens is 1. The number of anilines is 1. The summed E-state index contributed by atoms with van der Waals surface area (Å²) in [5, 5.41) is 0. The van der Waals surface area contributed by atoms with Crippen LogP contribution in [0.2, 0.25) is 0 Å². The number of benzene rings is 1. The third kappa shape index (κ3) is 1.90. The average Bonchev–Trinajstić information content (AvgIpc) is 2.50. The monoisotopic (exact) mass is 250 g/mol. The van der Waals surface area contributed by atoms with E-state index in [-0.39, 0.29) is 30.3 Å². The Labute approximate surface area is 105 Å². The third-order valence-corrected chi connectivity index (χ3v) is 3.13. The smallest absolute Gasteiger partial charge is 0.239 e. The van der Waals surface area contributed by atoms with Crippen molar-refractivity contribution in [2.24, 2.45) is 11.1 Å². The van der Waals surface area contributed by atoms with Crippen LogP contribution in [0.3, 0.4) is 0 Å². The number of hydrogen-bond donors (Lipinski definition) is 1. The fraction of sp³-hybridized carbons (Fsp3) is 0.385. The summed E-state index contributed by atoms with van der Waals surface area (Å²) in [7, 11) is 0. The molecule has 1 aromatic carbocycles. The molecular weight excluding hydrogens is 235 g/mol. The summed E-state index contributed by atoms with van der Waals surface area (Å²) in [6, 6.07) is 4.10. The molecule has 0 aliphatic carbocycles. The van der Waals surface area contributed by atoms with Gasteiger partial charge in [0.25, 0.3) is 0 Å². The molecule has 0 saturated carbocycles. The van der Waals surface area contributed by atoms with E-state index < -0.39 is 11.2 Å². The lowest BCUT2D eigenvalue weighted by Gasteiger charge is -2.18. The van der Waals surface area contributed by atoms with E-state index in [1.807, 2.05) is 0 Å². The molecule has 0 unspecified atom stereocenters. The topological polar surface area (TPSA) is 63.4 Å². The van der Waals surface area contributed by atoms with Gasteiger partial charge >= 0.3 is 0 Å². The molecule has 0 atom stereocenters. The van der Waals surface area contributed by atoms with E-state index in [0.717, 1.165) is 4.90 Å². The first-order valence-electron chi connectivity index (χ1n) is 5.72. The first kappa shape index (κ1) is 12.7. The van der Waals surface area contributed by atoms with Gasteiger partial charge in [0.1, 0.15) is 5.82 Å². The third-order valence-electron chi connectivity index (χ3n) is 3.13. The lowest BCUT2D eigenvalue weighted by atomic mass is 9.92. The van der Waals surface area contributed by atoms with E-state index in [4.69, 9.17) is 5.73 Å². The minimum atomic E-state index is -0.700. The van der Waals surface area contributed by atoms with Crippen molar-refractivity contribution < 1.29 is 14.0 Å². The molecule has 1 aromatic rings. The Kier molecular flexibility index (Phi) is 2.94. The van der Waals surface area contributed by atoms with Gasteiger partial charge in [0.05, 0.1) is 11.1 Å². The summed E-state index contributed by atoms with van der Waals surface area (Å²) in [5.74, 6) is -0.957. The maximum atomic E-state index is 13.3. The summed E-state index contributed by atoms with van der Waals surface area (Å²) in [6.45, 7) is 3.47. The maximum Gasteiger partial charge on any atom is 0.239 e. The largest absolute Gasteiger partial charge is 0.326 e.